The van der Waals surface area contributed by atoms with Crippen molar-refractivity contribution in [2.24, 2.45) is 10.8 Å². The van der Waals surface area contributed by atoms with Gasteiger partial charge in [0.25, 0.3) is 0 Å². The Morgan fingerprint density at radius 1 is 0.941 bits per heavy atom. The van der Waals surface area contributed by atoms with E-state index >= 15 is 0 Å². The zero-order chi connectivity index (χ0) is 25.1. The number of rotatable bonds is 2. The van der Waals surface area contributed by atoms with Gasteiger partial charge < -0.3 is 10.1 Å². The summed E-state index contributed by atoms with van der Waals surface area (Å²) in [6, 6.07) is 14.1. The van der Waals surface area contributed by atoms with Crippen LogP contribution in [-0.4, -0.2) is 15.9 Å². The molecule has 4 heteroatoms. The molecule has 0 bridgehead atoms. The average Bonchev–Trinajstić information content (AvgIpc) is 2.71. The number of allylic oxidation sites excluding steroid dienone is 2. The maximum absolute atomic E-state index is 11.5. The molecule has 0 aliphatic carbocycles. The van der Waals surface area contributed by atoms with E-state index in [2.05, 4.69) is 69.1 Å². The number of carbonyl (C=O) groups excluding carboxylic acids is 1. The Balaban J connectivity index is 0.000000364. The van der Waals surface area contributed by atoms with Gasteiger partial charge in [-0.25, -0.2) is 0 Å². The zero-order valence-corrected chi connectivity index (χ0v) is 24.6. The number of aromatic nitrogens is 1. The van der Waals surface area contributed by atoms with Crippen LogP contribution in [-0.2, 0) is 24.9 Å². The molecule has 3 aromatic rings. The van der Waals surface area contributed by atoms with Gasteiger partial charge in [0.05, 0.1) is 0 Å². The van der Waals surface area contributed by atoms with E-state index in [9.17, 15) is 9.90 Å². The van der Waals surface area contributed by atoms with Crippen molar-refractivity contribution in [3.8, 4) is 11.3 Å². The number of pyridine rings is 1. The summed E-state index contributed by atoms with van der Waals surface area (Å²) in [5.41, 5.74) is 6.40. The first-order chi connectivity index (χ1) is 15.1. The predicted octanol–water partition coefficient (Wildman–Crippen LogP) is 8.02. The first-order valence-corrected chi connectivity index (χ1v) is 11.4. The predicted molar refractivity (Wildman–Crippen MR) is 140 cm³/mol. The summed E-state index contributed by atoms with van der Waals surface area (Å²) in [6.07, 6.45) is 3.29. The summed E-state index contributed by atoms with van der Waals surface area (Å²) in [4.78, 5) is 16.1. The third-order valence-corrected chi connectivity index (χ3v) is 5.92. The molecule has 0 fully saturated rings. The molecule has 0 amide bonds. The maximum Gasteiger partial charge on any atom is 0.164 e. The van der Waals surface area contributed by atoms with Gasteiger partial charge in [0, 0.05) is 43.2 Å². The zero-order valence-electron chi connectivity index (χ0n) is 22.2. The molecule has 0 saturated heterocycles. The average molecular weight is 637 g/mol. The number of hydrogen-bond donors (Lipinski definition) is 1. The van der Waals surface area contributed by atoms with Crippen molar-refractivity contribution in [1.29, 1.82) is 0 Å². The van der Waals surface area contributed by atoms with Crippen LogP contribution in [0.5, 0.6) is 0 Å². The van der Waals surface area contributed by atoms with Crippen LogP contribution in [0.2, 0.25) is 0 Å². The van der Waals surface area contributed by atoms with Crippen LogP contribution < -0.4 is 0 Å². The number of fused-ring (bicyclic) bond motifs is 1. The van der Waals surface area contributed by atoms with E-state index in [4.69, 9.17) is 0 Å². The number of hydrogen-bond acceptors (Lipinski definition) is 3. The van der Waals surface area contributed by atoms with Crippen molar-refractivity contribution < 1.29 is 30.0 Å². The van der Waals surface area contributed by atoms with Gasteiger partial charge in [-0.1, -0.05) is 92.1 Å². The largest absolute Gasteiger partial charge is 0.512 e. The monoisotopic (exact) mass is 637 g/mol. The second kappa shape index (κ2) is 11.4. The number of aryl methyl sites for hydroxylation is 3. The quantitative estimate of drug-likeness (QED) is 0.176. The molecule has 0 spiro atoms. The molecule has 1 aromatic heterocycles. The first kappa shape index (κ1) is 29.7. The van der Waals surface area contributed by atoms with Gasteiger partial charge in [0.2, 0.25) is 0 Å². The van der Waals surface area contributed by atoms with Crippen LogP contribution in [0.3, 0.4) is 0 Å². The molecule has 1 radical (unpaired) electrons. The molecule has 1 N–H and O–H groups in total. The van der Waals surface area contributed by atoms with Gasteiger partial charge in [0.1, 0.15) is 5.76 Å². The summed E-state index contributed by atoms with van der Waals surface area (Å²) in [5.74, 6) is 0.104. The van der Waals surface area contributed by atoms with E-state index in [1.54, 1.807) is 0 Å². The Hall–Kier alpha value is -2.29. The minimum atomic E-state index is -0.417. The minimum Gasteiger partial charge on any atom is -0.512 e. The molecule has 185 valence electrons. The fraction of sp³-hybridized carbons (Fsp3) is 0.400. The van der Waals surface area contributed by atoms with Crippen LogP contribution in [0.4, 0.5) is 0 Å². The van der Waals surface area contributed by atoms with Crippen LogP contribution in [0.25, 0.3) is 22.0 Å². The normalized spacial score (nSPS) is 12.0. The van der Waals surface area contributed by atoms with Crippen molar-refractivity contribution >= 4 is 16.6 Å². The van der Waals surface area contributed by atoms with Crippen molar-refractivity contribution in [2.45, 2.75) is 69.2 Å². The molecule has 2 aromatic carbocycles. The van der Waals surface area contributed by atoms with Gasteiger partial charge in [-0.2, -0.15) is 0 Å². The molecule has 1 heterocycles. The van der Waals surface area contributed by atoms with E-state index in [1.807, 2.05) is 47.7 Å². The van der Waals surface area contributed by atoms with Gasteiger partial charge in [-0.15, -0.1) is 34.4 Å². The smallest absolute Gasteiger partial charge is 0.164 e. The van der Waals surface area contributed by atoms with Gasteiger partial charge in [-0.3, -0.25) is 4.79 Å². The molecular formula is C30H38IrNO2-. The minimum absolute atomic E-state index is 0. The van der Waals surface area contributed by atoms with Gasteiger partial charge in [0.15, 0.2) is 5.78 Å². The van der Waals surface area contributed by atoms with Gasteiger partial charge in [-0.05, 0) is 23.4 Å². The maximum atomic E-state index is 11.5. The third kappa shape index (κ3) is 7.35. The van der Waals surface area contributed by atoms with Crippen molar-refractivity contribution in [3.63, 3.8) is 0 Å². The Labute approximate surface area is 219 Å². The molecular weight excluding hydrogens is 599 g/mol. The molecule has 0 aliphatic rings. The summed E-state index contributed by atoms with van der Waals surface area (Å²) in [5, 5.41) is 12.0. The molecule has 0 saturated carbocycles. The van der Waals surface area contributed by atoms with Crippen LogP contribution >= 0.6 is 0 Å². The first-order valence-electron chi connectivity index (χ1n) is 11.4. The summed E-state index contributed by atoms with van der Waals surface area (Å²) in [6.45, 7) is 19.7. The van der Waals surface area contributed by atoms with E-state index in [1.165, 1.54) is 39.1 Å². The number of nitrogens with zero attached hydrogens (tertiary/aromatic N) is 1. The summed E-state index contributed by atoms with van der Waals surface area (Å²) < 4.78 is 0. The van der Waals surface area contributed by atoms with Crippen LogP contribution in [0.1, 0.15) is 63.8 Å². The Morgan fingerprint density at radius 3 is 2.06 bits per heavy atom. The molecule has 3 rings (SSSR count). The number of benzene rings is 2. The van der Waals surface area contributed by atoms with E-state index < -0.39 is 5.41 Å². The molecule has 34 heavy (non-hydrogen) atoms. The molecule has 0 unspecified atom stereocenters. The number of ketones is 1. The Morgan fingerprint density at radius 2 is 1.53 bits per heavy atom. The Bertz CT molecular complexity index is 1170. The summed E-state index contributed by atoms with van der Waals surface area (Å²) in [7, 11) is 0. The summed E-state index contributed by atoms with van der Waals surface area (Å²) >= 11 is 0. The van der Waals surface area contributed by atoms with Crippen LogP contribution in [0, 0.1) is 44.6 Å². The number of aliphatic hydroxyl groups is 1. The third-order valence-electron chi connectivity index (χ3n) is 5.92. The van der Waals surface area contributed by atoms with Gasteiger partial charge >= 0.3 is 0 Å². The standard InChI is InChI=1S/C19H18N.C11H20O2.Ir/c1-12-9-17(10-13(2)14(12)3)19-15(4)18-8-6-5-7-16(18)11-20-19;1-10(2,3)8(12)7-9(13)11(4,5)6;/h5-9,11H,1-4H3;7,12H,1-6H3;/q-1;;/b;8-7-;. The SMILES string of the molecule is CC(C)(C)C(=O)/C=C(\O)C(C)(C)C.Cc1[c-]c(-c2ncc3ccccc3c2C)cc(C)c1C.[Ir]. The second-order valence-electron chi connectivity index (χ2n) is 10.8. The molecule has 0 aliphatic heterocycles. The molecule has 3 nitrogen and oxygen atoms in total. The Kier molecular flexibility index (Phi) is 9.99. The van der Waals surface area contributed by atoms with Crippen molar-refractivity contribution in [3.05, 3.63) is 76.7 Å². The number of carbonyl (C=O) groups is 1. The topological polar surface area (TPSA) is 50.2 Å². The number of aliphatic hydroxyl groups excluding tert-OH is 1. The second-order valence-corrected chi connectivity index (χ2v) is 10.8. The van der Waals surface area contributed by atoms with E-state index in [-0.39, 0.29) is 37.1 Å². The van der Waals surface area contributed by atoms with Crippen LogP contribution in [0.15, 0.2) is 48.4 Å². The fourth-order valence-electron chi connectivity index (χ4n) is 3.22. The van der Waals surface area contributed by atoms with E-state index in [0.29, 0.717) is 0 Å². The molecule has 0 atom stereocenters. The van der Waals surface area contributed by atoms with Crippen molar-refractivity contribution in [1.82, 2.24) is 4.98 Å². The fourth-order valence-corrected chi connectivity index (χ4v) is 3.22. The van der Waals surface area contributed by atoms with E-state index in [0.717, 1.165) is 11.3 Å². The van der Waals surface area contributed by atoms with Crippen molar-refractivity contribution in [2.75, 3.05) is 0 Å².